The summed E-state index contributed by atoms with van der Waals surface area (Å²) in [5.74, 6) is 0. The summed E-state index contributed by atoms with van der Waals surface area (Å²) >= 11 is 1.47. The molecule has 4 aromatic rings. The fraction of sp³-hybridized carbons (Fsp3) is 0.143. The van der Waals surface area contributed by atoms with Crippen LogP contribution in [0.1, 0.15) is 42.5 Å². The smallest absolute Gasteiger partial charge is 1.00 e. The van der Waals surface area contributed by atoms with Crippen LogP contribution in [0.15, 0.2) is 115 Å². The van der Waals surface area contributed by atoms with E-state index in [2.05, 4.69) is 129 Å². The number of fused-ring (bicyclic) bond motifs is 2. The molecule has 3 heteroatoms. The van der Waals surface area contributed by atoms with E-state index >= 15 is 0 Å². The van der Waals surface area contributed by atoms with Gasteiger partial charge in [-0.3, -0.25) is 0 Å². The summed E-state index contributed by atoms with van der Waals surface area (Å²) in [6, 6.07) is 35.7. The van der Waals surface area contributed by atoms with Crippen LogP contribution in [0.25, 0.3) is 14.4 Å². The zero-order chi connectivity index (χ0) is 24.7. The SMILES string of the molecule is CC(C)(C(Cc1ccccc1)=c1ccc2c(c1C1=CC=CC1)[C]([Zr+2])=c1ccccc1=2)c1ccccc1.[Cl-].[Cl-]. The van der Waals surface area contributed by atoms with Crippen molar-refractivity contribution in [3.63, 3.8) is 0 Å². The van der Waals surface area contributed by atoms with Crippen molar-refractivity contribution in [1.29, 1.82) is 0 Å². The molecule has 0 saturated heterocycles. The fourth-order valence-electron chi connectivity index (χ4n) is 5.86. The Morgan fingerprint density at radius 3 is 2.00 bits per heavy atom. The third-order valence-electron chi connectivity index (χ3n) is 7.83. The molecular formula is C35H29Cl2Zr. The Labute approximate surface area is 252 Å². The monoisotopic (exact) mass is 609 g/mol. The van der Waals surface area contributed by atoms with Gasteiger partial charge in [-0.1, -0.05) is 0 Å². The maximum absolute atomic E-state index is 2.42. The molecule has 0 spiro atoms. The molecule has 0 atom stereocenters. The summed E-state index contributed by atoms with van der Waals surface area (Å²) in [7, 11) is 0. The Balaban J connectivity index is 0.00000168. The van der Waals surface area contributed by atoms with Crippen LogP contribution >= 0.6 is 0 Å². The predicted molar refractivity (Wildman–Crippen MR) is 147 cm³/mol. The van der Waals surface area contributed by atoms with Crippen LogP contribution in [0.4, 0.5) is 0 Å². The molecule has 0 heterocycles. The Kier molecular flexibility index (Phi) is 8.83. The maximum Gasteiger partial charge on any atom is -1.00 e. The van der Waals surface area contributed by atoms with E-state index in [1.165, 1.54) is 82.3 Å². The second-order valence-corrected chi connectivity index (χ2v) is 11.5. The molecular weight excluding hydrogens is 583 g/mol. The van der Waals surface area contributed by atoms with Crippen LogP contribution in [0.5, 0.6) is 0 Å². The molecule has 187 valence electrons. The Hall–Kier alpha value is -2.44. The zero-order valence-electron chi connectivity index (χ0n) is 21.6. The van der Waals surface area contributed by atoms with Gasteiger partial charge < -0.3 is 24.8 Å². The van der Waals surface area contributed by atoms with Gasteiger partial charge in [-0.25, -0.2) is 0 Å². The van der Waals surface area contributed by atoms with E-state index in [1.54, 1.807) is 0 Å². The van der Waals surface area contributed by atoms with Gasteiger partial charge in [0.1, 0.15) is 0 Å². The molecule has 0 nitrogen and oxygen atoms in total. The molecule has 6 rings (SSSR count). The molecule has 0 bridgehead atoms. The summed E-state index contributed by atoms with van der Waals surface area (Å²) in [5, 5.41) is 5.57. The van der Waals surface area contributed by atoms with Crippen molar-refractivity contribution in [2.24, 2.45) is 0 Å². The molecule has 0 aromatic heterocycles. The molecule has 0 N–H and O–H groups in total. The molecule has 0 radical (unpaired) electrons. The topological polar surface area (TPSA) is 0 Å². The largest absolute Gasteiger partial charge is 1.00 e. The Morgan fingerprint density at radius 1 is 0.711 bits per heavy atom. The molecule has 2 aliphatic carbocycles. The summed E-state index contributed by atoms with van der Waals surface area (Å²) in [5.41, 5.74) is 8.40. The first-order valence-corrected chi connectivity index (χ1v) is 14.0. The third-order valence-corrected chi connectivity index (χ3v) is 9.11. The number of benzene rings is 4. The van der Waals surface area contributed by atoms with E-state index in [1.807, 2.05) is 0 Å². The maximum atomic E-state index is 2.42. The van der Waals surface area contributed by atoms with Gasteiger partial charge in [-0.05, 0) is 0 Å². The average Bonchev–Trinajstić information content (AvgIpc) is 3.55. The van der Waals surface area contributed by atoms with E-state index in [9.17, 15) is 0 Å². The number of allylic oxidation sites excluding steroid dienone is 4. The number of hydrogen-bond donors (Lipinski definition) is 0. The second kappa shape index (κ2) is 11.8. The van der Waals surface area contributed by atoms with Crippen molar-refractivity contribution < 1.29 is 49.5 Å². The van der Waals surface area contributed by atoms with Crippen molar-refractivity contribution >= 4 is 14.4 Å². The number of rotatable bonds is 5. The minimum Gasteiger partial charge on any atom is -1.00 e. The molecule has 0 saturated carbocycles. The molecule has 4 aromatic carbocycles. The van der Waals surface area contributed by atoms with Crippen LogP contribution in [0.3, 0.4) is 0 Å². The number of halogens is 2. The van der Waals surface area contributed by atoms with Crippen molar-refractivity contribution in [2.75, 3.05) is 0 Å². The summed E-state index contributed by atoms with van der Waals surface area (Å²) < 4.78 is 1.48. The van der Waals surface area contributed by atoms with E-state index < -0.39 is 0 Å². The van der Waals surface area contributed by atoms with E-state index in [0.29, 0.717) is 0 Å². The molecule has 2 aliphatic rings. The van der Waals surface area contributed by atoms with Crippen molar-refractivity contribution in [1.82, 2.24) is 0 Å². The van der Waals surface area contributed by atoms with Crippen LogP contribution in [0, 0.1) is 10.4 Å². The molecule has 0 fully saturated rings. The summed E-state index contributed by atoms with van der Waals surface area (Å²) in [4.78, 5) is 0. The minimum absolute atomic E-state index is 0. The molecule has 0 amide bonds. The quantitative estimate of drug-likeness (QED) is 0.312. The van der Waals surface area contributed by atoms with Gasteiger partial charge in [0.05, 0.1) is 0 Å². The molecule has 0 aliphatic heterocycles. The van der Waals surface area contributed by atoms with Gasteiger partial charge >= 0.3 is 230 Å². The van der Waals surface area contributed by atoms with Gasteiger partial charge in [0, 0.05) is 0 Å². The van der Waals surface area contributed by atoms with Gasteiger partial charge in [-0.2, -0.15) is 0 Å². The van der Waals surface area contributed by atoms with E-state index in [4.69, 9.17) is 0 Å². The standard InChI is InChI=1S/C35H29.2ClH.Zr/c1-35(2,28-18-7-4-8-19-28)33(23-25-13-5-3-6-14-25)31-22-21-30-29-20-12-11-17-27(29)24-32(30)34(31)26-15-9-10-16-26;;;/h3-15,17-22H,16,23H2,1-2H3;2*1H;/q;;;+2/p-2. The van der Waals surface area contributed by atoms with Crippen molar-refractivity contribution in [3.8, 4) is 0 Å². The van der Waals surface area contributed by atoms with Crippen molar-refractivity contribution in [2.45, 2.75) is 32.1 Å². The Morgan fingerprint density at radius 2 is 1.34 bits per heavy atom. The van der Waals surface area contributed by atoms with Gasteiger partial charge in [0.15, 0.2) is 0 Å². The van der Waals surface area contributed by atoms with E-state index in [-0.39, 0.29) is 30.2 Å². The van der Waals surface area contributed by atoms with E-state index in [0.717, 1.165) is 12.8 Å². The zero-order valence-corrected chi connectivity index (χ0v) is 25.6. The van der Waals surface area contributed by atoms with Gasteiger partial charge in [0.2, 0.25) is 0 Å². The van der Waals surface area contributed by atoms with Crippen LogP contribution in [-0.4, -0.2) is 0 Å². The van der Waals surface area contributed by atoms with Crippen LogP contribution in [-0.2, 0) is 36.6 Å². The fourth-order valence-corrected chi connectivity index (χ4v) is 7.03. The second-order valence-electron chi connectivity index (χ2n) is 10.3. The predicted octanol–water partition coefficient (Wildman–Crippen LogP) is 0.713. The summed E-state index contributed by atoms with van der Waals surface area (Å²) in [6.07, 6.45) is 8.77. The summed E-state index contributed by atoms with van der Waals surface area (Å²) in [6.45, 7) is 4.80. The van der Waals surface area contributed by atoms with Crippen LogP contribution in [0.2, 0.25) is 0 Å². The first kappa shape index (κ1) is 28.6. The first-order valence-electron chi connectivity index (χ1n) is 12.7. The normalized spacial score (nSPS) is 14.2. The number of hydrogen-bond acceptors (Lipinski definition) is 0. The third kappa shape index (κ3) is 4.98. The average molecular weight is 612 g/mol. The minimum atomic E-state index is -0.126. The van der Waals surface area contributed by atoms with Gasteiger partial charge in [-0.15, -0.1) is 0 Å². The van der Waals surface area contributed by atoms with Crippen molar-refractivity contribution in [3.05, 3.63) is 158 Å². The molecule has 0 unspecified atom stereocenters. The first-order chi connectivity index (χ1) is 17.6. The van der Waals surface area contributed by atoms with Crippen LogP contribution < -0.4 is 35.3 Å². The Bertz CT molecular complexity index is 1750. The molecule has 38 heavy (non-hydrogen) atoms. The van der Waals surface area contributed by atoms with Gasteiger partial charge in [0.25, 0.3) is 0 Å².